The van der Waals surface area contributed by atoms with Crippen molar-refractivity contribution in [3.63, 3.8) is 0 Å². The highest BCUT2D eigenvalue weighted by Crippen LogP contribution is 2.17. The highest BCUT2D eigenvalue weighted by molar-refractivity contribution is 5.87. The van der Waals surface area contributed by atoms with Crippen LogP contribution in [-0.4, -0.2) is 39.4 Å². The van der Waals surface area contributed by atoms with Crippen LogP contribution in [0, 0.1) is 0 Å². The molecule has 3 rings (SSSR count). The molecule has 0 unspecified atom stereocenters. The van der Waals surface area contributed by atoms with E-state index in [2.05, 4.69) is 16.9 Å². The molecule has 24 heavy (non-hydrogen) atoms. The summed E-state index contributed by atoms with van der Waals surface area (Å²) in [6, 6.07) is 7.71. The molecule has 2 heterocycles. The number of fused-ring (bicyclic) bond motifs is 1. The van der Waals surface area contributed by atoms with Crippen LogP contribution < -0.4 is 5.32 Å². The number of nitrogens with zero attached hydrogens (tertiary/aromatic N) is 3. The van der Waals surface area contributed by atoms with Crippen LogP contribution in [0.1, 0.15) is 25.1 Å². The number of amides is 2. The number of hydrogen-bond donors (Lipinski definition) is 1. The molecule has 1 N–H and O–H groups in total. The Kier molecular flexibility index (Phi) is 4.93. The Labute approximate surface area is 141 Å². The van der Waals surface area contributed by atoms with Gasteiger partial charge in [-0.25, -0.2) is 4.98 Å². The molecule has 1 aliphatic heterocycles. The molecule has 126 valence electrons. The lowest BCUT2D eigenvalue weighted by atomic mass is 10.1. The number of aromatic nitrogens is 2. The molecule has 1 aromatic heterocycles. The number of rotatable bonds is 5. The molecule has 0 atom stereocenters. The van der Waals surface area contributed by atoms with E-state index in [1.54, 1.807) is 0 Å². The van der Waals surface area contributed by atoms with Crippen molar-refractivity contribution >= 4 is 22.8 Å². The molecular weight excluding hydrogens is 304 g/mol. The van der Waals surface area contributed by atoms with E-state index in [-0.39, 0.29) is 24.9 Å². The van der Waals surface area contributed by atoms with Crippen LogP contribution in [0.5, 0.6) is 0 Å². The molecule has 6 nitrogen and oxygen atoms in total. The minimum absolute atomic E-state index is 0.106. The Balaban J connectivity index is 1.84. The van der Waals surface area contributed by atoms with Gasteiger partial charge in [-0.3, -0.25) is 9.59 Å². The number of carbonyl (C=O) groups is 2. The number of benzene rings is 1. The normalized spacial score (nSPS) is 14.6. The smallest absolute Gasteiger partial charge is 0.243 e. The summed E-state index contributed by atoms with van der Waals surface area (Å²) in [5, 5.41) is 2.74. The van der Waals surface area contributed by atoms with Crippen LogP contribution in [0.2, 0.25) is 0 Å². The number of piperidine rings is 1. The van der Waals surface area contributed by atoms with Gasteiger partial charge < -0.3 is 14.8 Å². The third kappa shape index (κ3) is 3.48. The van der Waals surface area contributed by atoms with E-state index in [0.717, 1.165) is 37.0 Å². The van der Waals surface area contributed by atoms with Crippen molar-refractivity contribution in [1.29, 1.82) is 0 Å². The van der Waals surface area contributed by atoms with Crippen molar-refractivity contribution in [1.82, 2.24) is 19.8 Å². The van der Waals surface area contributed by atoms with Crippen LogP contribution in [0.3, 0.4) is 0 Å². The maximum Gasteiger partial charge on any atom is 0.243 e. The first-order valence-corrected chi connectivity index (χ1v) is 8.31. The monoisotopic (exact) mass is 326 g/mol. The molecule has 2 aromatic rings. The maximum absolute atomic E-state index is 12.6. The Morgan fingerprint density at radius 2 is 1.96 bits per heavy atom. The van der Waals surface area contributed by atoms with Crippen molar-refractivity contribution in [3.8, 4) is 0 Å². The number of hydrogen-bond acceptors (Lipinski definition) is 3. The van der Waals surface area contributed by atoms with E-state index >= 15 is 0 Å². The Morgan fingerprint density at radius 3 is 2.71 bits per heavy atom. The van der Waals surface area contributed by atoms with Gasteiger partial charge in [0.25, 0.3) is 0 Å². The summed E-state index contributed by atoms with van der Waals surface area (Å²) in [6.07, 6.45) is 4.56. The second-order valence-corrected chi connectivity index (χ2v) is 5.97. The van der Waals surface area contributed by atoms with Gasteiger partial charge in [0.15, 0.2) is 0 Å². The first-order chi connectivity index (χ1) is 11.7. The maximum atomic E-state index is 12.6. The van der Waals surface area contributed by atoms with Crippen molar-refractivity contribution < 1.29 is 9.59 Å². The van der Waals surface area contributed by atoms with Crippen LogP contribution in [0.15, 0.2) is 36.9 Å². The van der Waals surface area contributed by atoms with Gasteiger partial charge in [-0.05, 0) is 37.5 Å². The third-order valence-electron chi connectivity index (χ3n) is 4.34. The van der Waals surface area contributed by atoms with Crippen molar-refractivity contribution in [3.05, 3.63) is 42.7 Å². The average Bonchev–Trinajstić information content (AvgIpc) is 2.98. The third-order valence-corrected chi connectivity index (χ3v) is 4.34. The number of imidazole rings is 1. The molecule has 0 bridgehead atoms. The van der Waals surface area contributed by atoms with Crippen molar-refractivity contribution in [2.24, 2.45) is 0 Å². The van der Waals surface area contributed by atoms with Gasteiger partial charge in [0.05, 0.1) is 17.6 Å². The zero-order chi connectivity index (χ0) is 16.9. The largest absolute Gasteiger partial charge is 0.345 e. The summed E-state index contributed by atoms with van der Waals surface area (Å²) in [5.41, 5.74) is 1.73. The fourth-order valence-electron chi connectivity index (χ4n) is 3.05. The molecule has 1 saturated heterocycles. The fourth-order valence-corrected chi connectivity index (χ4v) is 3.05. The quantitative estimate of drug-likeness (QED) is 0.853. The number of para-hydroxylation sites is 2. The van der Waals surface area contributed by atoms with Gasteiger partial charge in [0.1, 0.15) is 12.4 Å². The Morgan fingerprint density at radius 1 is 1.21 bits per heavy atom. The van der Waals surface area contributed by atoms with Gasteiger partial charge in [-0.1, -0.05) is 18.7 Å². The lowest BCUT2D eigenvalue weighted by Crippen LogP contribution is -2.38. The van der Waals surface area contributed by atoms with Gasteiger partial charge in [0, 0.05) is 13.1 Å². The van der Waals surface area contributed by atoms with Crippen molar-refractivity contribution in [2.45, 2.75) is 32.4 Å². The summed E-state index contributed by atoms with van der Waals surface area (Å²) < 4.78 is 1.90. The Bertz CT molecular complexity index is 759. The molecular formula is C18H22N4O2. The van der Waals surface area contributed by atoms with E-state index in [9.17, 15) is 9.59 Å². The summed E-state index contributed by atoms with van der Waals surface area (Å²) >= 11 is 0. The lowest BCUT2D eigenvalue weighted by molar-refractivity contribution is -0.132. The van der Waals surface area contributed by atoms with E-state index in [4.69, 9.17) is 0 Å². The topological polar surface area (TPSA) is 67.2 Å². The number of likely N-dealkylation sites (tertiary alicyclic amines) is 1. The molecule has 1 aliphatic rings. The van der Waals surface area contributed by atoms with E-state index in [1.165, 1.54) is 12.5 Å². The van der Waals surface area contributed by atoms with Crippen LogP contribution in [-0.2, 0) is 22.7 Å². The van der Waals surface area contributed by atoms with Gasteiger partial charge in [0.2, 0.25) is 11.8 Å². The SMILES string of the molecule is C=CC(=O)NCc1nc2ccccc2n1CC(=O)N1CCCCC1. The van der Waals surface area contributed by atoms with E-state index in [1.807, 2.05) is 33.7 Å². The minimum Gasteiger partial charge on any atom is -0.345 e. The molecule has 1 aromatic carbocycles. The van der Waals surface area contributed by atoms with Gasteiger partial charge in [-0.15, -0.1) is 0 Å². The minimum atomic E-state index is -0.254. The summed E-state index contributed by atoms with van der Waals surface area (Å²) in [4.78, 5) is 30.6. The van der Waals surface area contributed by atoms with Crippen LogP contribution in [0.25, 0.3) is 11.0 Å². The fraction of sp³-hybridized carbons (Fsp3) is 0.389. The predicted octanol–water partition coefficient (Wildman–Crippen LogP) is 1.85. The first-order valence-electron chi connectivity index (χ1n) is 8.31. The van der Waals surface area contributed by atoms with Gasteiger partial charge >= 0.3 is 0 Å². The first kappa shape index (κ1) is 16.2. The summed E-state index contributed by atoms with van der Waals surface area (Å²) in [6.45, 7) is 5.62. The standard InChI is InChI=1S/C18H22N4O2/c1-2-17(23)19-12-16-20-14-8-4-5-9-15(14)22(16)13-18(24)21-10-6-3-7-11-21/h2,4-5,8-9H,1,3,6-7,10-13H2,(H,19,23). The predicted molar refractivity (Wildman–Crippen MR) is 92.2 cm³/mol. The second-order valence-electron chi connectivity index (χ2n) is 5.97. The molecule has 0 aliphatic carbocycles. The number of carbonyl (C=O) groups excluding carboxylic acids is 2. The zero-order valence-corrected chi connectivity index (χ0v) is 13.7. The Hall–Kier alpha value is -2.63. The molecule has 1 fully saturated rings. The highest BCUT2D eigenvalue weighted by Gasteiger charge is 2.19. The second kappa shape index (κ2) is 7.29. The van der Waals surface area contributed by atoms with Gasteiger partial charge in [-0.2, -0.15) is 0 Å². The van der Waals surface area contributed by atoms with E-state index < -0.39 is 0 Å². The van der Waals surface area contributed by atoms with E-state index in [0.29, 0.717) is 5.82 Å². The summed E-state index contributed by atoms with van der Waals surface area (Å²) in [7, 11) is 0. The van der Waals surface area contributed by atoms with Crippen molar-refractivity contribution in [2.75, 3.05) is 13.1 Å². The average molecular weight is 326 g/mol. The molecule has 0 spiro atoms. The molecule has 2 amide bonds. The van der Waals surface area contributed by atoms with Crippen LogP contribution in [0.4, 0.5) is 0 Å². The number of nitrogens with one attached hydrogen (secondary N) is 1. The lowest BCUT2D eigenvalue weighted by Gasteiger charge is -2.27. The summed E-state index contributed by atoms with van der Waals surface area (Å²) in [5.74, 6) is 0.530. The molecule has 0 saturated carbocycles. The molecule has 0 radical (unpaired) electrons. The van der Waals surface area contributed by atoms with Crippen LogP contribution >= 0.6 is 0 Å². The molecule has 6 heteroatoms. The zero-order valence-electron chi connectivity index (χ0n) is 13.7. The highest BCUT2D eigenvalue weighted by atomic mass is 16.2.